The van der Waals surface area contributed by atoms with Crippen molar-refractivity contribution in [2.45, 2.75) is 39.5 Å². The standard InChI is InChI=1S/C17H22O6/c1-3-5-8-11-21-16(19)12-22-17(20)13-9-6-7-10-14(13)23-15(18)4-2/h6-7,9-10H,3-5,8,11-12H2,1-2H3. The first kappa shape index (κ1) is 18.7. The van der Waals surface area contributed by atoms with Crippen molar-refractivity contribution >= 4 is 17.9 Å². The normalized spacial score (nSPS) is 10.0. The average Bonchev–Trinajstić information content (AvgIpc) is 2.57. The number of hydrogen-bond donors (Lipinski definition) is 0. The van der Waals surface area contributed by atoms with Crippen molar-refractivity contribution in [2.75, 3.05) is 13.2 Å². The molecule has 6 heteroatoms. The molecule has 0 unspecified atom stereocenters. The number of carbonyl (C=O) groups is 3. The lowest BCUT2D eigenvalue weighted by Gasteiger charge is -2.09. The number of hydrogen-bond acceptors (Lipinski definition) is 6. The highest BCUT2D eigenvalue weighted by Gasteiger charge is 2.17. The fourth-order valence-corrected chi connectivity index (χ4v) is 1.70. The summed E-state index contributed by atoms with van der Waals surface area (Å²) in [5, 5.41) is 0. The molecule has 0 fully saturated rings. The Kier molecular flexibility index (Phi) is 8.42. The predicted octanol–water partition coefficient (Wildman–Crippen LogP) is 2.89. The van der Waals surface area contributed by atoms with Gasteiger partial charge in [0, 0.05) is 6.42 Å². The maximum absolute atomic E-state index is 12.0. The number of ether oxygens (including phenoxy) is 3. The van der Waals surface area contributed by atoms with E-state index in [4.69, 9.17) is 14.2 Å². The van der Waals surface area contributed by atoms with E-state index >= 15 is 0 Å². The fourth-order valence-electron chi connectivity index (χ4n) is 1.70. The van der Waals surface area contributed by atoms with Gasteiger partial charge in [0.15, 0.2) is 6.61 Å². The van der Waals surface area contributed by atoms with Crippen molar-refractivity contribution in [1.82, 2.24) is 0 Å². The van der Waals surface area contributed by atoms with Crippen molar-refractivity contribution in [3.05, 3.63) is 29.8 Å². The Morgan fingerprint density at radius 2 is 1.70 bits per heavy atom. The minimum atomic E-state index is -0.741. The quantitative estimate of drug-likeness (QED) is 0.395. The van der Waals surface area contributed by atoms with Crippen molar-refractivity contribution in [3.8, 4) is 5.75 Å². The monoisotopic (exact) mass is 322 g/mol. The molecule has 0 aliphatic heterocycles. The lowest BCUT2D eigenvalue weighted by Crippen LogP contribution is -2.18. The van der Waals surface area contributed by atoms with Crippen LogP contribution in [-0.2, 0) is 19.1 Å². The highest BCUT2D eigenvalue weighted by molar-refractivity contribution is 5.94. The maximum Gasteiger partial charge on any atom is 0.344 e. The molecule has 23 heavy (non-hydrogen) atoms. The van der Waals surface area contributed by atoms with Gasteiger partial charge in [-0.1, -0.05) is 38.8 Å². The molecule has 0 saturated heterocycles. The van der Waals surface area contributed by atoms with Gasteiger partial charge in [-0.15, -0.1) is 0 Å². The van der Waals surface area contributed by atoms with E-state index in [9.17, 15) is 14.4 Å². The zero-order chi connectivity index (χ0) is 17.1. The first-order chi connectivity index (χ1) is 11.1. The van der Waals surface area contributed by atoms with Gasteiger partial charge in [0.2, 0.25) is 0 Å². The molecule has 0 radical (unpaired) electrons. The van der Waals surface area contributed by atoms with E-state index in [2.05, 4.69) is 0 Å². The summed E-state index contributed by atoms with van der Waals surface area (Å²) in [4.78, 5) is 34.8. The Morgan fingerprint density at radius 1 is 0.957 bits per heavy atom. The highest BCUT2D eigenvalue weighted by Crippen LogP contribution is 2.19. The third-order valence-corrected chi connectivity index (χ3v) is 2.95. The summed E-state index contributed by atoms with van der Waals surface area (Å²) in [6.07, 6.45) is 2.97. The summed E-state index contributed by atoms with van der Waals surface area (Å²) < 4.78 is 14.9. The van der Waals surface area contributed by atoms with Crippen LogP contribution < -0.4 is 4.74 Å². The largest absolute Gasteiger partial charge is 0.463 e. The molecule has 0 heterocycles. The SMILES string of the molecule is CCCCCOC(=O)COC(=O)c1ccccc1OC(=O)CC. The fraction of sp³-hybridized carbons (Fsp3) is 0.471. The second kappa shape index (κ2) is 10.4. The zero-order valence-electron chi connectivity index (χ0n) is 13.5. The molecule has 0 atom stereocenters. The van der Waals surface area contributed by atoms with Crippen LogP contribution in [0.5, 0.6) is 5.75 Å². The molecule has 0 aliphatic rings. The zero-order valence-corrected chi connectivity index (χ0v) is 13.5. The molecule has 1 rings (SSSR count). The molecule has 0 aliphatic carbocycles. The molecule has 0 amide bonds. The number of rotatable bonds is 9. The van der Waals surface area contributed by atoms with Gasteiger partial charge in [-0.05, 0) is 18.6 Å². The van der Waals surface area contributed by atoms with Gasteiger partial charge in [0.1, 0.15) is 11.3 Å². The molecule has 1 aromatic rings. The highest BCUT2D eigenvalue weighted by atomic mass is 16.6. The second-order valence-electron chi connectivity index (χ2n) is 4.83. The molecule has 1 aromatic carbocycles. The van der Waals surface area contributed by atoms with Crippen LogP contribution in [0.25, 0.3) is 0 Å². The van der Waals surface area contributed by atoms with Gasteiger partial charge in [0.25, 0.3) is 0 Å². The van der Waals surface area contributed by atoms with Crippen LogP contribution in [0.3, 0.4) is 0 Å². The summed E-state index contributed by atoms with van der Waals surface area (Å²) in [5.41, 5.74) is 0.0908. The van der Waals surface area contributed by atoms with Crippen LogP contribution in [0.1, 0.15) is 49.9 Å². The summed E-state index contributed by atoms with van der Waals surface area (Å²) >= 11 is 0. The Morgan fingerprint density at radius 3 is 2.39 bits per heavy atom. The van der Waals surface area contributed by atoms with Crippen LogP contribution in [0.15, 0.2) is 24.3 Å². The Hall–Kier alpha value is -2.37. The first-order valence-corrected chi connectivity index (χ1v) is 7.70. The Bertz CT molecular complexity index is 538. The van der Waals surface area contributed by atoms with Crippen LogP contribution in [-0.4, -0.2) is 31.1 Å². The first-order valence-electron chi connectivity index (χ1n) is 7.70. The molecular formula is C17H22O6. The summed E-state index contributed by atoms with van der Waals surface area (Å²) in [5.74, 6) is -1.69. The van der Waals surface area contributed by atoms with Crippen LogP contribution >= 0.6 is 0 Å². The lowest BCUT2D eigenvalue weighted by atomic mass is 10.2. The molecular weight excluding hydrogens is 300 g/mol. The summed E-state index contributed by atoms with van der Waals surface area (Å²) in [6, 6.07) is 6.21. The van der Waals surface area contributed by atoms with Crippen LogP contribution in [0, 0.1) is 0 Å². The third kappa shape index (κ3) is 6.95. The number of unbranched alkanes of at least 4 members (excludes halogenated alkanes) is 2. The predicted molar refractivity (Wildman–Crippen MR) is 83.1 cm³/mol. The van der Waals surface area contributed by atoms with Gasteiger partial charge >= 0.3 is 17.9 Å². The maximum atomic E-state index is 12.0. The average molecular weight is 322 g/mol. The topological polar surface area (TPSA) is 78.9 Å². The van der Waals surface area contributed by atoms with Gasteiger partial charge in [-0.25, -0.2) is 9.59 Å². The molecule has 0 saturated carbocycles. The smallest absolute Gasteiger partial charge is 0.344 e. The van der Waals surface area contributed by atoms with E-state index in [1.807, 2.05) is 6.92 Å². The summed E-state index contributed by atoms with van der Waals surface area (Å²) in [7, 11) is 0. The van der Waals surface area contributed by atoms with Crippen molar-refractivity contribution in [2.24, 2.45) is 0 Å². The van der Waals surface area contributed by atoms with E-state index in [0.29, 0.717) is 6.61 Å². The molecule has 6 nitrogen and oxygen atoms in total. The van der Waals surface area contributed by atoms with Crippen LogP contribution in [0.4, 0.5) is 0 Å². The minimum absolute atomic E-state index is 0.0908. The van der Waals surface area contributed by atoms with Gasteiger partial charge < -0.3 is 14.2 Å². The van der Waals surface area contributed by atoms with Gasteiger partial charge in [0.05, 0.1) is 6.61 Å². The Labute approximate surface area is 135 Å². The number of carbonyl (C=O) groups excluding carboxylic acids is 3. The summed E-state index contributed by atoms with van der Waals surface area (Å²) in [6.45, 7) is 3.54. The number of esters is 3. The van der Waals surface area contributed by atoms with Crippen LogP contribution in [0.2, 0.25) is 0 Å². The Balaban J connectivity index is 2.51. The lowest BCUT2D eigenvalue weighted by molar-refractivity contribution is -0.147. The molecule has 0 N–H and O–H groups in total. The molecule has 0 aromatic heterocycles. The van der Waals surface area contributed by atoms with Crippen molar-refractivity contribution < 1.29 is 28.6 Å². The van der Waals surface area contributed by atoms with E-state index in [1.54, 1.807) is 19.1 Å². The molecule has 0 bridgehead atoms. The third-order valence-electron chi connectivity index (χ3n) is 2.95. The van der Waals surface area contributed by atoms with Crippen molar-refractivity contribution in [3.63, 3.8) is 0 Å². The van der Waals surface area contributed by atoms with Gasteiger partial charge in [-0.3, -0.25) is 4.79 Å². The van der Waals surface area contributed by atoms with E-state index in [1.165, 1.54) is 12.1 Å². The second-order valence-corrected chi connectivity index (χ2v) is 4.83. The van der Waals surface area contributed by atoms with Crippen molar-refractivity contribution in [1.29, 1.82) is 0 Å². The number of para-hydroxylation sites is 1. The van der Waals surface area contributed by atoms with E-state index in [0.717, 1.165) is 19.3 Å². The number of benzene rings is 1. The molecule has 126 valence electrons. The van der Waals surface area contributed by atoms with Gasteiger partial charge in [-0.2, -0.15) is 0 Å². The minimum Gasteiger partial charge on any atom is -0.463 e. The van der Waals surface area contributed by atoms with E-state index < -0.39 is 24.5 Å². The molecule has 0 spiro atoms. The van der Waals surface area contributed by atoms with E-state index in [-0.39, 0.29) is 17.7 Å².